The molecule has 0 bridgehead atoms. The topological polar surface area (TPSA) is 42.0 Å². The summed E-state index contributed by atoms with van der Waals surface area (Å²) in [6.07, 6.45) is 0. The van der Waals surface area contributed by atoms with Crippen LogP contribution in [0.1, 0.15) is 26.4 Å². The summed E-state index contributed by atoms with van der Waals surface area (Å²) in [4.78, 5) is 20.1. The third-order valence-corrected chi connectivity index (χ3v) is 5.74. The van der Waals surface area contributed by atoms with Gasteiger partial charge in [0.15, 0.2) is 0 Å². The van der Waals surface area contributed by atoms with E-state index in [0.717, 1.165) is 32.7 Å². The number of hydrogen-bond acceptors (Lipinski definition) is 3. The number of fused-ring (bicyclic) bond motifs is 1. The van der Waals surface area contributed by atoms with Crippen molar-refractivity contribution < 1.29 is 4.79 Å². The first kappa shape index (κ1) is 17.4. The molecule has 27 heavy (non-hydrogen) atoms. The Morgan fingerprint density at radius 2 is 1.74 bits per heavy atom. The first-order valence-electron chi connectivity index (χ1n) is 8.86. The number of hydrogen-bond donors (Lipinski definition) is 1. The standard InChI is InChI=1S/C23H20N2OS/c1-14-8-10-17(12-15(14)2)24-23(26)19-13-21(22-11-9-16(3)27-22)25-20-7-5-4-6-18(19)20/h4-13H,1-3H3,(H,24,26). The molecule has 2 aromatic carbocycles. The SMILES string of the molecule is Cc1ccc(-c2cc(C(=O)Nc3ccc(C)c(C)c3)c3ccccc3n2)s1. The van der Waals surface area contributed by atoms with Crippen LogP contribution >= 0.6 is 11.3 Å². The number of carbonyl (C=O) groups excluding carboxylic acids is 1. The average molecular weight is 372 g/mol. The molecule has 0 spiro atoms. The predicted molar refractivity (Wildman–Crippen MR) is 114 cm³/mol. The number of carbonyl (C=O) groups is 1. The molecule has 0 unspecified atom stereocenters. The second-order valence-corrected chi connectivity index (χ2v) is 8.02. The van der Waals surface area contributed by atoms with E-state index in [0.29, 0.717) is 5.56 Å². The number of aromatic nitrogens is 1. The largest absolute Gasteiger partial charge is 0.322 e. The van der Waals surface area contributed by atoms with E-state index in [9.17, 15) is 4.79 Å². The van der Waals surface area contributed by atoms with Crippen molar-refractivity contribution in [2.75, 3.05) is 5.32 Å². The highest BCUT2D eigenvalue weighted by atomic mass is 32.1. The van der Waals surface area contributed by atoms with E-state index in [1.807, 2.05) is 55.5 Å². The quantitative estimate of drug-likeness (QED) is 0.469. The molecule has 0 radical (unpaired) electrons. The van der Waals surface area contributed by atoms with Crippen LogP contribution < -0.4 is 5.32 Å². The van der Waals surface area contributed by atoms with Crippen LogP contribution in [0.15, 0.2) is 60.7 Å². The minimum Gasteiger partial charge on any atom is -0.322 e. The zero-order chi connectivity index (χ0) is 19.0. The molecule has 0 atom stereocenters. The predicted octanol–water partition coefficient (Wildman–Crippen LogP) is 6.14. The molecule has 0 fully saturated rings. The highest BCUT2D eigenvalue weighted by molar-refractivity contribution is 7.15. The Morgan fingerprint density at radius 3 is 2.48 bits per heavy atom. The molecule has 4 rings (SSSR count). The Morgan fingerprint density at radius 1 is 0.926 bits per heavy atom. The second-order valence-electron chi connectivity index (χ2n) is 6.74. The lowest BCUT2D eigenvalue weighted by Crippen LogP contribution is -2.13. The van der Waals surface area contributed by atoms with Gasteiger partial charge in [-0.1, -0.05) is 24.3 Å². The maximum atomic E-state index is 13.1. The monoisotopic (exact) mass is 372 g/mol. The number of amides is 1. The fourth-order valence-electron chi connectivity index (χ4n) is 3.08. The van der Waals surface area contributed by atoms with E-state index in [1.165, 1.54) is 10.4 Å². The highest BCUT2D eigenvalue weighted by Gasteiger charge is 2.15. The molecule has 0 aliphatic rings. The molecule has 2 heterocycles. The van der Waals surface area contributed by atoms with Gasteiger partial charge in [-0.15, -0.1) is 11.3 Å². The number of para-hydroxylation sites is 1. The van der Waals surface area contributed by atoms with E-state index >= 15 is 0 Å². The molecule has 0 aliphatic heterocycles. The van der Waals surface area contributed by atoms with Crippen LogP contribution in [0.3, 0.4) is 0 Å². The van der Waals surface area contributed by atoms with Gasteiger partial charge in [-0.25, -0.2) is 4.98 Å². The normalized spacial score (nSPS) is 10.9. The fourth-order valence-corrected chi connectivity index (χ4v) is 3.91. The van der Waals surface area contributed by atoms with Crippen molar-refractivity contribution in [3.8, 4) is 10.6 Å². The molecule has 2 aromatic heterocycles. The van der Waals surface area contributed by atoms with Gasteiger partial charge in [0.25, 0.3) is 5.91 Å². The van der Waals surface area contributed by atoms with Crippen molar-refractivity contribution in [3.05, 3.63) is 82.2 Å². The van der Waals surface area contributed by atoms with Gasteiger partial charge in [0.05, 0.1) is 21.7 Å². The van der Waals surface area contributed by atoms with Crippen molar-refractivity contribution in [1.82, 2.24) is 4.98 Å². The second kappa shape index (κ2) is 6.97. The Labute approximate surface area is 162 Å². The number of nitrogens with zero attached hydrogens (tertiary/aromatic N) is 1. The third-order valence-electron chi connectivity index (χ3n) is 4.72. The number of anilines is 1. The van der Waals surface area contributed by atoms with Crippen LogP contribution in [-0.2, 0) is 0 Å². The number of pyridine rings is 1. The van der Waals surface area contributed by atoms with E-state index < -0.39 is 0 Å². The van der Waals surface area contributed by atoms with Crippen LogP contribution in [0.25, 0.3) is 21.5 Å². The van der Waals surface area contributed by atoms with Gasteiger partial charge in [-0.3, -0.25) is 4.79 Å². The lowest BCUT2D eigenvalue weighted by molar-refractivity contribution is 0.102. The lowest BCUT2D eigenvalue weighted by atomic mass is 10.1. The molecule has 1 N–H and O–H groups in total. The molecule has 0 aliphatic carbocycles. The highest BCUT2D eigenvalue weighted by Crippen LogP contribution is 2.30. The van der Waals surface area contributed by atoms with Gasteiger partial charge in [-0.2, -0.15) is 0 Å². The average Bonchev–Trinajstić information content (AvgIpc) is 3.10. The van der Waals surface area contributed by atoms with Gasteiger partial charge >= 0.3 is 0 Å². The van der Waals surface area contributed by atoms with Crippen molar-refractivity contribution in [2.24, 2.45) is 0 Å². The lowest BCUT2D eigenvalue weighted by Gasteiger charge is -2.11. The minimum absolute atomic E-state index is 0.119. The minimum atomic E-state index is -0.119. The van der Waals surface area contributed by atoms with Crippen molar-refractivity contribution in [2.45, 2.75) is 20.8 Å². The van der Waals surface area contributed by atoms with E-state index in [2.05, 4.69) is 31.3 Å². The van der Waals surface area contributed by atoms with Crippen molar-refractivity contribution in [1.29, 1.82) is 0 Å². The first-order chi connectivity index (χ1) is 13.0. The molecule has 3 nitrogen and oxygen atoms in total. The van der Waals surface area contributed by atoms with Crippen molar-refractivity contribution >= 4 is 33.8 Å². The Balaban J connectivity index is 1.79. The zero-order valence-corrected chi connectivity index (χ0v) is 16.4. The Hall–Kier alpha value is -2.98. The molecule has 1 amide bonds. The van der Waals surface area contributed by atoms with Gasteiger partial charge in [0, 0.05) is 16.0 Å². The van der Waals surface area contributed by atoms with E-state index in [-0.39, 0.29) is 5.91 Å². The van der Waals surface area contributed by atoms with Crippen LogP contribution in [0.4, 0.5) is 5.69 Å². The molecular weight excluding hydrogens is 352 g/mol. The van der Waals surface area contributed by atoms with Crippen LogP contribution in [-0.4, -0.2) is 10.9 Å². The number of rotatable bonds is 3. The summed E-state index contributed by atoms with van der Waals surface area (Å²) in [5.74, 6) is -0.119. The molecule has 4 aromatic rings. The van der Waals surface area contributed by atoms with Crippen LogP contribution in [0, 0.1) is 20.8 Å². The summed E-state index contributed by atoms with van der Waals surface area (Å²) in [7, 11) is 0. The molecular formula is C23H20N2OS. The van der Waals surface area contributed by atoms with Gasteiger partial charge in [0.2, 0.25) is 0 Å². The number of thiophene rings is 1. The van der Waals surface area contributed by atoms with Crippen LogP contribution in [0.5, 0.6) is 0 Å². The van der Waals surface area contributed by atoms with Crippen molar-refractivity contribution in [3.63, 3.8) is 0 Å². The summed E-state index contributed by atoms with van der Waals surface area (Å²) in [6, 6.07) is 19.8. The summed E-state index contributed by atoms with van der Waals surface area (Å²) in [5.41, 5.74) is 5.46. The first-order valence-corrected chi connectivity index (χ1v) is 9.68. The fraction of sp³-hybridized carbons (Fsp3) is 0.130. The zero-order valence-electron chi connectivity index (χ0n) is 15.5. The summed E-state index contributed by atoms with van der Waals surface area (Å²) in [5, 5.41) is 3.90. The van der Waals surface area contributed by atoms with Gasteiger partial charge in [0.1, 0.15) is 0 Å². The number of nitrogens with one attached hydrogen (secondary N) is 1. The Kier molecular flexibility index (Phi) is 4.50. The molecule has 4 heteroatoms. The van der Waals surface area contributed by atoms with Gasteiger partial charge in [-0.05, 0) is 68.3 Å². The summed E-state index contributed by atoms with van der Waals surface area (Å²) in [6.45, 7) is 6.18. The van der Waals surface area contributed by atoms with E-state index in [1.54, 1.807) is 11.3 Å². The van der Waals surface area contributed by atoms with Crippen LogP contribution in [0.2, 0.25) is 0 Å². The summed E-state index contributed by atoms with van der Waals surface area (Å²) >= 11 is 1.68. The summed E-state index contributed by atoms with van der Waals surface area (Å²) < 4.78 is 0. The molecule has 134 valence electrons. The Bertz CT molecular complexity index is 1160. The maximum Gasteiger partial charge on any atom is 0.256 e. The molecule has 0 saturated heterocycles. The van der Waals surface area contributed by atoms with Gasteiger partial charge < -0.3 is 5.32 Å². The maximum absolute atomic E-state index is 13.1. The smallest absolute Gasteiger partial charge is 0.256 e. The van der Waals surface area contributed by atoms with E-state index in [4.69, 9.17) is 4.98 Å². The third kappa shape index (κ3) is 3.49. The molecule has 0 saturated carbocycles. The number of aryl methyl sites for hydroxylation is 3. The number of benzene rings is 2.